The molecule has 118 valence electrons. The Morgan fingerprint density at radius 1 is 1.43 bits per heavy atom. The van der Waals surface area contributed by atoms with Crippen LogP contribution < -0.4 is 15.4 Å². The van der Waals surface area contributed by atoms with Gasteiger partial charge in [0, 0.05) is 12.1 Å². The third-order valence-corrected chi connectivity index (χ3v) is 3.31. The van der Waals surface area contributed by atoms with Crippen LogP contribution in [0.15, 0.2) is 24.3 Å². The van der Waals surface area contributed by atoms with Gasteiger partial charge in [0.1, 0.15) is 5.75 Å². The second kappa shape index (κ2) is 8.14. The first kappa shape index (κ1) is 17.7. The van der Waals surface area contributed by atoms with Gasteiger partial charge in [0.15, 0.2) is 0 Å². The molecule has 0 radical (unpaired) electrons. The van der Waals surface area contributed by atoms with Gasteiger partial charge in [-0.05, 0) is 38.4 Å². The number of benzene rings is 1. The van der Waals surface area contributed by atoms with E-state index < -0.39 is 6.61 Å². The summed E-state index contributed by atoms with van der Waals surface area (Å²) < 4.78 is 29.0. The molecule has 1 amide bonds. The maximum absolute atomic E-state index is 12.3. The third kappa shape index (κ3) is 5.13. The topological polar surface area (TPSA) is 50.4 Å². The van der Waals surface area contributed by atoms with Gasteiger partial charge in [-0.2, -0.15) is 8.78 Å². The highest BCUT2D eigenvalue weighted by Gasteiger charge is 2.22. The smallest absolute Gasteiger partial charge is 0.387 e. The number of ether oxygens (including phenoxy) is 1. The number of halogens is 3. The minimum atomic E-state index is -2.94. The summed E-state index contributed by atoms with van der Waals surface area (Å²) in [6.07, 6.45) is 1.65. The minimum absolute atomic E-state index is 0. The van der Waals surface area contributed by atoms with Gasteiger partial charge in [-0.1, -0.05) is 12.1 Å². The van der Waals surface area contributed by atoms with Gasteiger partial charge in [-0.3, -0.25) is 4.79 Å². The molecule has 1 fully saturated rings. The number of para-hydroxylation sites is 1. The zero-order valence-corrected chi connectivity index (χ0v) is 12.5. The van der Waals surface area contributed by atoms with Crippen molar-refractivity contribution < 1.29 is 18.3 Å². The maximum atomic E-state index is 12.3. The molecule has 1 aliphatic rings. The lowest BCUT2D eigenvalue weighted by atomic mass is 10.00. The Kier molecular flexibility index (Phi) is 6.84. The van der Waals surface area contributed by atoms with Crippen LogP contribution in [-0.4, -0.2) is 31.1 Å². The molecule has 1 aromatic rings. The molecule has 2 N–H and O–H groups in total. The zero-order chi connectivity index (χ0) is 14.5. The van der Waals surface area contributed by atoms with E-state index in [0.29, 0.717) is 6.04 Å². The quantitative estimate of drug-likeness (QED) is 0.896. The van der Waals surface area contributed by atoms with Crippen LogP contribution in [0.5, 0.6) is 5.75 Å². The summed E-state index contributed by atoms with van der Waals surface area (Å²) in [5, 5.41) is 6.16. The van der Waals surface area contributed by atoms with Crippen LogP contribution in [0, 0.1) is 0 Å². The molecule has 2 unspecified atom stereocenters. The molecule has 0 bridgehead atoms. The Balaban J connectivity index is 0.00000220. The van der Waals surface area contributed by atoms with E-state index in [4.69, 9.17) is 0 Å². The van der Waals surface area contributed by atoms with E-state index in [2.05, 4.69) is 15.4 Å². The van der Waals surface area contributed by atoms with Crippen molar-refractivity contribution in [1.82, 2.24) is 10.6 Å². The van der Waals surface area contributed by atoms with Gasteiger partial charge in [0.25, 0.3) is 5.91 Å². The van der Waals surface area contributed by atoms with E-state index >= 15 is 0 Å². The van der Waals surface area contributed by atoms with E-state index in [1.54, 1.807) is 12.1 Å². The van der Waals surface area contributed by atoms with Gasteiger partial charge in [-0.15, -0.1) is 12.4 Å². The first-order valence-corrected chi connectivity index (χ1v) is 6.64. The van der Waals surface area contributed by atoms with Gasteiger partial charge in [-0.25, -0.2) is 0 Å². The highest BCUT2D eigenvalue weighted by molar-refractivity contribution is 5.97. The number of alkyl halides is 2. The summed E-state index contributed by atoms with van der Waals surface area (Å²) >= 11 is 0. The maximum Gasteiger partial charge on any atom is 0.387 e. The van der Waals surface area contributed by atoms with Crippen LogP contribution in [0.4, 0.5) is 8.78 Å². The van der Waals surface area contributed by atoms with E-state index in [1.165, 1.54) is 12.1 Å². The summed E-state index contributed by atoms with van der Waals surface area (Å²) in [5.74, 6) is -0.470. The van der Waals surface area contributed by atoms with Crippen molar-refractivity contribution in [2.45, 2.75) is 38.5 Å². The number of carbonyl (C=O) groups excluding carboxylic acids is 1. The van der Waals surface area contributed by atoms with Crippen molar-refractivity contribution in [3.05, 3.63) is 29.8 Å². The zero-order valence-electron chi connectivity index (χ0n) is 11.6. The second-order valence-electron chi connectivity index (χ2n) is 4.92. The number of piperidine rings is 1. The summed E-state index contributed by atoms with van der Waals surface area (Å²) in [7, 11) is 0. The molecule has 0 saturated carbocycles. The first-order chi connectivity index (χ1) is 9.56. The average molecular weight is 321 g/mol. The van der Waals surface area contributed by atoms with Crippen molar-refractivity contribution in [2.75, 3.05) is 6.54 Å². The molecule has 1 saturated heterocycles. The average Bonchev–Trinajstić information content (AvgIpc) is 2.38. The highest BCUT2D eigenvalue weighted by atomic mass is 35.5. The Hall–Kier alpha value is -1.40. The number of amides is 1. The Labute approximate surface area is 128 Å². The van der Waals surface area contributed by atoms with Crippen LogP contribution in [0.25, 0.3) is 0 Å². The lowest BCUT2D eigenvalue weighted by molar-refractivity contribution is -0.0501. The third-order valence-electron chi connectivity index (χ3n) is 3.31. The SMILES string of the molecule is CC1CC(NC(=O)c2ccccc2OC(F)F)CCN1.Cl. The Morgan fingerprint density at radius 3 is 2.81 bits per heavy atom. The molecule has 0 aromatic heterocycles. The first-order valence-electron chi connectivity index (χ1n) is 6.64. The van der Waals surface area contributed by atoms with E-state index in [1.807, 2.05) is 6.92 Å². The standard InChI is InChI=1S/C14H18F2N2O2.ClH/c1-9-8-10(6-7-17-9)18-13(19)11-4-2-3-5-12(11)20-14(15)16;/h2-5,9-10,14,17H,6-8H2,1H3,(H,18,19);1H. The summed E-state index contributed by atoms with van der Waals surface area (Å²) in [4.78, 5) is 12.2. The fraction of sp³-hybridized carbons (Fsp3) is 0.500. The van der Waals surface area contributed by atoms with E-state index in [0.717, 1.165) is 19.4 Å². The molecule has 4 nitrogen and oxygen atoms in total. The largest absolute Gasteiger partial charge is 0.434 e. The predicted molar refractivity (Wildman–Crippen MR) is 78.3 cm³/mol. The monoisotopic (exact) mass is 320 g/mol. The molecular weight excluding hydrogens is 302 g/mol. The van der Waals surface area contributed by atoms with Gasteiger partial charge in [0.2, 0.25) is 0 Å². The highest BCUT2D eigenvalue weighted by Crippen LogP contribution is 2.20. The number of hydrogen-bond donors (Lipinski definition) is 2. The van der Waals surface area contributed by atoms with Gasteiger partial charge in [0.05, 0.1) is 5.56 Å². The van der Waals surface area contributed by atoms with Crippen molar-refractivity contribution in [3.8, 4) is 5.75 Å². The lowest BCUT2D eigenvalue weighted by Gasteiger charge is -2.28. The molecule has 0 aliphatic carbocycles. The molecule has 2 rings (SSSR count). The van der Waals surface area contributed by atoms with Crippen molar-refractivity contribution >= 4 is 18.3 Å². The molecule has 1 aromatic carbocycles. The Bertz CT molecular complexity index is 474. The second-order valence-corrected chi connectivity index (χ2v) is 4.92. The molecule has 1 heterocycles. The molecular formula is C14H19ClF2N2O2. The van der Waals surface area contributed by atoms with Crippen LogP contribution in [0.1, 0.15) is 30.1 Å². The van der Waals surface area contributed by atoms with Crippen LogP contribution >= 0.6 is 12.4 Å². The summed E-state index contributed by atoms with van der Waals surface area (Å²) in [6.45, 7) is -0.0594. The fourth-order valence-electron chi connectivity index (χ4n) is 2.38. The van der Waals surface area contributed by atoms with Crippen molar-refractivity contribution in [2.24, 2.45) is 0 Å². The normalized spacial score (nSPS) is 21.5. The van der Waals surface area contributed by atoms with Gasteiger partial charge >= 0.3 is 6.61 Å². The molecule has 7 heteroatoms. The van der Waals surface area contributed by atoms with Crippen LogP contribution in [-0.2, 0) is 0 Å². The minimum Gasteiger partial charge on any atom is -0.434 e. The molecule has 2 atom stereocenters. The molecule has 21 heavy (non-hydrogen) atoms. The van der Waals surface area contributed by atoms with Crippen molar-refractivity contribution in [3.63, 3.8) is 0 Å². The van der Waals surface area contributed by atoms with Crippen LogP contribution in [0.2, 0.25) is 0 Å². The lowest BCUT2D eigenvalue weighted by Crippen LogP contribution is -2.46. The summed E-state index contributed by atoms with van der Waals surface area (Å²) in [5.41, 5.74) is 0.138. The van der Waals surface area contributed by atoms with Gasteiger partial charge < -0.3 is 15.4 Å². The molecule has 1 aliphatic heterocycles. The van der Waals surface area contributed by atoms with Crippen LogP contribution in [0.3, 0.4) is 0 Å². The number of carbonyl (C=O) groups is 1. The number of rotatable bonds is 4. The fourth-order valence-corrected chi connectivity index (χ4v) is 2.38. The van der Waals surface area contributed by atoms with E-state index in [9.17, 15) is 13.6 Å². The Morgan fingerprint density at radius 2 is 2.14 bits per heavy atom. The predicted octanol–water partition coefficient (Wildman–Crippen LogP) is 2.58. The van der Waals surface area contributed by atoms with Crippen molar-refractivity contribution in [1.29, 1.82) is 0 Å². The molecule has 0 spiro atoms. The summed E-state index contributed by atoms with van der Waals surface area (Å²) in [6, 6.07) is 6.42. The number of hydrogen-bond acceptors (Lipinski definition) is 3. The number of nitrogens with one attached hydrogen (secondary N) is 2. The van der Waals surface area contributed by atoms with E-state index in [-0.39, 0.29) is 35.7 Å².